The van der Waals surface area contributed by atoms with Crippen molar-refractivity contribution in [2.45, 2.75) is 50.1 Å². The monoisotopic (exact) mass is 497 g/mol. The molecule has 1 aromatic carbocycles. The van der Waals surface area contributed by atoms with Crippen molar-refractivity contribution in [2.24, 2.45) is 0 Å². The van der Waals surface area contributed by atoms with Gasteiger partial charge in [-0.1, -0.05) is 28.1 Å². The summed E-state index contributed by atoms with van der Waals surface area (Å²) in [5.74, 6) is -3.24. The lowest BCUT2D eigenvalue weighted by atomic mass is 9.96. The fourth-order valence-electron chi connectivity index (χ4n) is 3.62. The third-order valence-electron chi connectivity index (χ3n) is 4.78. The number of carbonyl (C=O) groups excluding carboxylic acids is 5. The summed E-state index contributed by atoms with van der Waals surface area (Å²) in [7, 11) is 0. The van der Waals surface area contributed by atoms with E-state index >= 15 is 0 Å². The number of halogens is 1. The van der Waals surface area contributed by atoms with Gasteiger partial charge in [-0.05, 0) is 12.1 Å². The molecule has 0 radical (unpaired) electrons. The van der Waals surface area contributed by atoms with E-state index in [1.807, 2.05) is 0 Å². The molecular weight excluding hydrogens is 478 g/mol. The van der Waals surface area contributed by atoms with E-state index in [9.17, 15) is 24.0 Å². The van der Waals surface area contributed by atoms with Crippen LogP contribution in [-0.4, -0.2) is 70.6 Å². The second-order valence-corrected chi connectivity index (χ2v) is 7.90. The molecule has 0 saturated carbocycles. The maximum absolute atomic E-state index is 13.0. The predicted octanol–water partition coefficient (Wildman–Crippen LogP) is 1.20. The number of rotatable bonds is 5. The van der Waals surface area contributed by atoms with Crippen molar-refractivity contribution in [1.29, 1.82) is 0 Å². The van der Waals surface area contributed by atoms with Crippen LogP contribution < -0.4 is 0 Å². The van der Waals surface area contributed by atoms with Crippen molar-refractivity contribution in [1.82, 2.24) is 4.90 Å². The number of esters is 3. The van der Waals surface area contributed by atoms with Gasteiger partial charge in [-0.2, -0.15) is 0 Å². The lowest BCUT2D eigenvalue weighted by molar-refractivity contribution is -0.216. The highest BCUT2D eigenvalue weighted by molar-refractivity contribution is 9.09. The first kappa shape index (κ1) is 22.9. The second kappa shape index (κ2) is 9.15. The molecule has 0 aliphatic carbocycles. The van der Waals surface area contributed by atoms with E-state index in [0.717, 1.165) is 18.7 Å². The van der Waals surface area contributed by atoms with Gasteiger partial charge in [-0.15, -0.1) is 0 Å². The summed E-state index contributed by atoms with van der Waals surface area (Å²) in [4.78, 5) is 61.9. The van der Waals surface area contributed by atoms with Crippen LogP contribution in [0.4, 0.5) is 0 Å². The Balaban J connectivity index is 2.01. The molecule has 0 unspecified atom stereocenters. The first-order valence-corrected chi connectivity index (χ1v) is 10.3. The van der Waals surface area contributed by atoms with Gasteiger partial charge in [-0.25, -0.2) is 0 Å². The lowest BCUT2D eigenvalue weighted by Crippen LogP contribution is -2.65. The molecule has 5 atom stereocenters. The minimum atomic E-state index is -1.28. The first-order chi connectivity index (χ1) is 14.6. The molecule has 31 heavy (non-hydrogen) atoms. The van der Waals surface area contributed by atoms with Crippen molar-refractivity contribution in [3.8, 4) is 0 Å². The number of ether oxygens (including phenoxy) is 4. The molecule has 166 valence electrons. The van der Waals surface area contributed by atoms with Gasteiger partial charge in [0.15, 0.2) is 12.2 Å². The summed E-state index contributed by atoms with van der Waals surface area (Å²) in [6.07, 6.45) is -3.54. The molecule has 0 N–H and O–H groups in total. The second-order valence-electron chi connectivity index (χ2n) is 6.99. The Morgan fingerprint density at radius 1 is 0.935 bits per heavy atom. The zero-order valence-electron chi connectivity index (χ0n) is 16.9. The molecule has 10 nitrogen and oxygen atoms in total. The summed E-state index contributed by atoms with van der Waals surface area (Å²) >= 11 is 3.30. The van der Waals surface area contributed by atoms with Crippen LogP contribution >= 0.6 is 15.9 Å². The molecule has 11 heteroatoms. The van der Waals surface area contributed by atoms with Crippen molar-refractivity contribution < 1.29 is 42.9 Å². The van der Waals surface area contributed by atoms with Crippen LogP contribution in [0.1, 0.15) is 41.5 Å². The van der Waals surface area contributed by atoms with Crippen LogP contribution in [0.15, 0.2) is 24.3 Å². The SMILES string of the molecule is CC(=O)OC[C@H]1O[C@H](Br)[C@H](N2C(=O)c3ccccc3C2=O)[C@@H](OC(C)=O)[C@H]1OC(C)=O. The van der Waals surface area contributed by atoms with Gasteiger partial charge in [0.2, 0.25) is 0 Å². The number of alkyl halides is 1. The van der Waals surface area contributed by atoms with Crippen LogP contribution in [0.5, 0.6) is 0 Å². The molecular formula is C20H20BrNO9. The zero-order chi connectivity index (χ0) is 22.9. The molecule has 2 amide bonds. The van der Waals surface area contributed by atoms with Crippen molar-refractivity contribution in [3.63, 3.8) is 0 Å². The fraction of sp³-hybridized carbons (Fsp3) is 0.450. The van der Waals surface area contributed by atoms with Gasteiger partial charge >= 0.3 is 17.9 Å². The van der Waals surface area contributed by atoms with E-state index in [2.05, 4.69) is 15.9 Å². The van der Waals surface area contributed by atoms with E-state index in [1.165, 1.54) is 19.1 Å². The number of carbonyl (C=O) groups is 5. The third kappa shape index (κ3) is 4.62. The van der Waals surface area contributed by atoms with E-state index < -0.39 is 59.1 Å². The average molecular weight is 498 g/mol. The molecule has 0 spiro atoms. The number of nitrogens with zero attached hydrogens (tertiary/aromatic N) is 1. The Morgan fingerprint density at radius 2 is 1.45 bits per heavy atom. The topological polar surface area (TPSA) is 126 Å². The van der Waals surface area contributed by atoms with Crippen LogP contribution in [-0.2, 0) is 33.3 Å². The molecule has 2 heterocycles. The maximum atomic E-state index is 13.0. The molecule has 0 aromatic heterocycles. The quantitative estimate of drug-likeness (QED) is 0.255. The maximum Gasteiger partial charge on any atom is 0.303 e. The van der Waals surface area contributed by atoms with Crippen LogP contribution in [0, 0.1) is 0 Å². The van der Waals surface area contributed by atoms with Gasteiger partial charge in [0, 0.05) is 20.8 Å². The Bertz CT molecular complexity index is 898. The molecule has 2 aliphatic rings. The molecule has 3 rings (SSSR count). The summed E-state index contributed by atoms with van der Waals surface area (Å²) < 4.78 is 21.5. The smallest absolute Gasteiger partial charge is 0.303 e. The highest BCUT2D eigenvalue weighted by Gasteiger charge is 2.56. The predicted molar refractivity (Wildman–Crippen MR) is 106 cm³/mol. The van der Waals surface area contributed by atoms with Crippen LogP contribution in [0.2, 0.25) is 0 Å². The van der Waals surface area contributed by atoms with E-state index in [-0.39, 0.29) is 17.7 Å². The third-order valence-corrected chi connectivity index (χ3v) is 5.54. The first-order valence-electron chi connectivity index (χ1n) is 9.36. The number of hydrogen-bond acceptors (Lipinski definition) is 9. The van der Waals surface area contributed by atoms with E-state index in [0.29, 0.717) is 0 Å². The number of imide groups is 1. The minimum absolute atomic E-state index is 0.194. The Kier molecular flexibility index (Phi) is 6.75. The lowest BCUT2D eigenvalue weighted by Gasteiger charge is -2.45. The molecule has 1 fully saturated rings. The molecule has 2 aliphatic heterocycles. The number of amides is 2. The number of benzene rings is 1. The molecule has 0 bridgehead atoms. The molecule has 1 aromatic rings. The number of fused-ring (bicyclic) bond motifs is 1. The Hall–Kier alpha value is -2.79. The van der Waals surface area contributed by atoms with Crippen molar-refractivity contribution >= 4 is 45.7 Å². The highest BCUT2D eigenvalue weighted by Crippen LogP contribution is 2.36. The average Bonchev–Trinajstić information content (AvgIpc) is 2.93. The highest BCUT2D eigenvalue weighted by atomic mass is 79.9. The summed E-state index contributed by atoms with van der Waals surface area (Å²) in [5.41, 5.74) is 0.389. The van der Waals surface area contributed by atoms with Gasteiger partial charge < -0.3 is 18.9 Å². The van der Waals surface area contributed by atoms with Gasteiger partial charge in [0.05, 0.1) is 11.1 Å². The normalized spacial score (nSPS) is 27.5. The molecule has 1 saturated heterocycles. The fourth-order valence-corrected chi connectivity index (χ4v) is 4.43. The Morgan fingerprint density at radius 3 is 1.94 bits per heavy atom. The standard InChI is InChI=1S/C20H20BrNO9/c1-9(23)28-8-14-16(29-10(2)24)17(30-11(3)25)15(18(21)31-14)22-19(26)12-6-4-5-7-13(12)20(22)27/h4-7,14-18H,8H2,1-3H3/t14-,15-,16+,17-,18+/m1/s1. The van der Waals surface area contributed by atoms with Crippen LogP contribution in [0.25, 0.3) is 0 Å². The summed E-state index contributed by atoms with van der Waals surface area (Å²) in [5, 5.41) is -1.01. The number of hydrogen-bond donors (Lipinski definition) is 0. The van der Waals surface area contributed by atoms with E-state index in [4.69, 9.17) is 18.9 Å². The summed E-state index contributed by atoms with van der Waals surface area (Å²) in [6, 6.07) is 5.11. The largest absolute Gasteiger partial charge is 0.463 e. The van der Waals surface area contributed by atoms with Gasteiger partial charge in [0.1, 0.15) is 23.8 Å². The van der Waals surface area contributed by atoms with E-state index in [1.54, 1.807) is 12.1 Å². The minimum Gasteiger partial charge on any atom is -0.463 e. The van der Waals surface area contributed by atoms with Crippen molar-refractivity contribution in [2.75, 3.05) is 6.61 Å². The van der Waals surface area contributed by atoms with Crippen LogP contribution in [0.3, 0.4) is 0 Å². The Labute approximate surface area is 185 Å². The van der Waals surface area contributed by atoms with Gasteiger partial charge in [0.25, 0.3) is 11.8 Å². The van der Waals surface area contributed by atoms with Crippen molar-refractivity contribution in [3.05, 3.63) is 35.4 Å². The summed E-state index contributed by atoms with van der Waals surface area (Å²) in [6.45, 7) is 3.18. The van der Waals surface area contributed by atoms with Gasteiger partial charge in [-0.3, -0.25) is 28.9 Å². The zero-order valence-corrected chi connectivity index (χ0v) is 18.5.